The number of nitrogens with one attached hydrogen (secondary N) is 1. The van der Waals surface area contributed by atoms with Gasteiger partial charge in [-0.25, -0.2) is 0 Å². The average Bonchev–Trinajstić information content (AvgIpc) is 3.22. The fourth-order valence-corrected chi connectivity index (χ4v) is 25.4. The molecule has 1 N–H and O–H groups in total. The van der Waals surface area contributed by atoms with E-state index >= 15 is 0 Å². The standard InChI is InChI=1S/C13H9.C12H11Si.C3H8N.2ClH.Zr/c1-3-7-12-10(5-1)9-11-6-2-4-8-13(11)12;1-3-7-11(8-4-1)13-12-9-5-2-6-10-12;1-2-3-4;;;/h1-5,7-8H,9H2;1-10,13H;4H,2-3H2,1H3;2*1H;/q;;-1;;;+3/p-2. The van der Waals surface area contributed by atoms with E-state index < -0.39 is 27.1 Å². The summed E-state index contributed by atoms with van der Waals surface area (Å²) in [4.78, 5) is 0. The van der Waals surface area contributed by atoms with Crippen molar-refractivity contribution in [1.29, 1.82) is 0 Å². The second kappa shape index (κ2) is 12.3. The van der Waals surface area contributed by atoms with Gasteiger partial charge in [-0.05, 0) is 0 Å². The van der Waals surface area contributed by atoms with E-state index in [1.807, 2.05) is 0 Å². The van der Waals surface area contributed by atoms with E-state index in [2.05, 4.69) is 113 Å². The van der Waals surface area contributed by atoms with Crippen LogP contribution in [0, 0.1) is 0 Å². The second-order valence-electron chi connectivity index (χ2n) is 8.26. The SMILES string of the molecule is CCC[NH][Zr+2]([c]1cccc2c1Cc1ccccc1-2)[SiH](c1ccccc1)c1ccccc1.[Cl-].[Cl-]. The van der Waals surface area contributed by atoms with Gasteiger partial charge in [0.05, 0.1) is 0 Å². The summed E-state index contributed by atoms with van der Waals surface area (Å²) in [5.41, 5.74) is 6.00. The molecule has 0 atom stereocenters. The van der Waals surface area contributed by atoms with Crippen molar-refractivity contribution in [3.05, 3.63) is 114 Å². The number of halogens is 2. The first-order valence-electron chi connectivity index (χ1n) is 11.3. The first-order chi connectivity index (χ1) is 15.4. The minimum atomic E-state index is -2.22. The molecule has 0 fully saturated rings. The zero-order valence-electron chi connectivity index (χ0n) is 18.8. The molecule has 1 aliphatic rings. The molecule has 0 amide bonds. The molecule has 0 radical (unpaired) electrons. The zero-order chi connectivity index (χ0) is 21.0. The zero-order valence-corrected chi connectivity index (χ0v) is 23.9. The first-order valence-corrected chi connectivity index (χ1v) is 19.7. The molecule has 0 spiro atoms. The van der Waals surface area contributed by atoms with Gasteiger partial charge in [0.25, 0.3) is 0 Å². The minimum Gasteiger partial charge on any atom is -1.00 e. The van der Waals surface area contributed by atoms with Crippen molar-refractivity contribution in [2.45, 2.75) is 19.8 Å². The molecule has 4 aromatic carbocycles. The second-order valence-corrected chi connectivity index (χ2v) is 22.4. The van der Waals surface area contributed by atoms with Crippen molar-refractivity contribution in [1.82, 2.24) is 3.26 Å². The van der Waals surface area contributed by atoms with Gasteiger partial charge >= 0.3 is 196 Å². The summed E-state index contributed by atoms with van der Waals surface area (Å²) >= 11 is -2.22. The summed E-state index contributed by atoms with van der Waals surface area (Å²) in [6, 6.07) is 38.8. The Morgan fingerprint density at radius 3 is 1.91 bits per heavy atom. The van der Waals surface area contributed by atoms with Gasteiger partial charge < -0.3 is 24.8 Å². The summed E-state index contributed by atoms with van der Waals surface area (Å²) < 4.78 is 5.89. The van der Waals surface area contributed by atoms with E-state index in [0.29, 0.717) is 0 Å². The first kappa shape index (κ1) is 26.1. The van der Waals surface area contributed by atoms with Crippen LogP contribution in [0.4, 0.5) is 0 Å². The monoisotopic (exact) mass is 566 g/mol. The summed E-state index contributed by atoms with van der Waals surface area (Å²) in [6.45, 7) is 3.41. The van der Waals surface area contributed by atoms with Gasteiger partial charge in [0, 0.05) is 0 Å². The predicted molar refractivity (Wildman–Crippen MR) is 132 cm³/mol. The van der Waals surface area contributed by atoms with E-state index in [0.717, 1.165) is 13.0 Å². The summed E-state index contributed by atoms with van der Waals surface area (Å²) in [7, 11) is 0. The van der Waals surface area contributed by atoms with Crippen LogP contribution in [-0.4, -0.2) is 12.5 Å². The molecule has 33 heavy (non-hydrogen) atoms. The maximum Gasteiger partial charge on any atom is -1.00 e. The molecule has 167 valence electrons. The molecule has 4 aromatic rings. The molecule has 1 aliphatic carbocycles. The maximum absolute atomic E-state index is 4.20. The van der Waals surface area contributed by atoms with E-state index in [-0.39, 0.29) is 24.8 Å². The molecular weight excluding hydrogens is 541 g/mol. The van der Waals surface area contributed by atoms with Crippen molar-refractivity contribution < 1.29 is 46.0 Å². The number of hydrogen-bond donors (Lipinski definition) is 1. The number of benzene rings is 4. The van der Waals surface area contributed by atoms with Crippen molar-refractivity contribution >= 4 is 19.6 Å². The Balaban J connectivity index is 0.00000153. The average molecular weight is 569 g/mol. The quantitative estimate of drug-likeness (QED) is 0.223. The van der Waals surface area contributed by atoms with E-state index in [4.69, 9.17) is 0 Å². The van der Waals surface area contributed by atoms with Crippen molar-refractivity contribution in [2.75, 3.05) is 6.54 Å². The number of hydrogen-bond acceptors (Lipinski definition) is 1. The van der Waals surface area contributed by atoms with Crippen molar-refractivity contribution in [3.8, 4) is 11.1 Å². The molecular formula is C28H28Cl2NSiZr. The Morgan fingerprint density at radius 1 is 0.697 bits per heavy atom. The third kappa shape index (κ3) is 5.45. The Morgan fingerprint density at radius 2 is 1.27 bits per heavy atom. The van der Waals surface area contributed by atoms with Crippen molar-refractivity contribution in [3.63, 3.8) is 0 Å². The molecule has 1 nitrogen and oxygen atoms in total. The van der Waals surface area contributed by atoms with E-state index in [9.17, 15) is 0 Å². The van der Waals surface area contributed by atoms with Crippen LogP contribution < -0.4 is 41.7 Å². The van der Waals surface area contributed by atoms with E-state index in [1.54, 1.807) is 19.2 Å². The van der Waals surface area contributed by atoms with Crippen LogP contribution in [0.1, 0.15) is 24.5 Å². The summed E-state index contributed by atoms with van der Waals surface area (Å²) in [5, 5.41) is 3.17. The van der Waals surface area contributed by atoms with Gasteiger partial charge in [0.15, 0.2) is 0 Å². The molecule has 0 saturated carbocycles. The third-order valence-corrected chi connectivity index (χ3v) is 25.3. The Bertz CT molecular complexity index is 1130. The predicted octanol–water partition coefficient (Wildman–Crippen LogP) is -2.04. The largest absolute Gasteiger partial charge is 1.00 e. The normalized spacial score (nSPS) is 11.2. The van der Waals surface area contributed by atoms with Crippen LogP contribution in [0.15, 0.2) is 103 Å². The van der Waals surface area contributed by atoms with Crippen LogP contribution in [0.5, 0.6) is 0 Å². The fraction of sp³-hybridized carbons (Fsp3) is 0.143. The number of rotatable bonds is 7. The molecule has 0 aliphatic heterocycles. The minimum absolute atomic E-state index is 0. The van der Waals surface area contributed by atoms with Crippen LogP contribution in [0.25, 0.3) is 11.1 Å². The number of fused-ring (bicyclic) bond motifs is 3. The van der Waals surface area contributed by atoms with Gasteiger partial charge in [-0.15, -0.1) is 0 Å². The smallest absolute Gasteiger partial charge is 1.00 e. The van der Waals surface area contributed by atoms with Gasteiger partial charge in [0.2, 0.25) is 0 Å². The van der Waals surface area contributed by atoms with Crippen LogP contribution >= 0.6 is 0 Å². The molecule has 0 bridgehead atoms. The van der Waals surface area contributed by atoms with Gasteiger partial charge in [-0.1, -0.05) is 0 Å². The molecule has 0 saturated heterocycles. The summed E-state index contributed by atoms with van der Waals surface area (Å²) in [6.07, 6.45) is 2.27. The molecule has 0 aromatic heterocycles. The maximum atomic E-state index is 4.20. The Labute approximate surface area is 219 Å². The van der Waals surface area contributed by atoms with Crippen LogP contribution in [0.3, 0.4) is 0 Å². The molecule has 0 unspecified atom stereocenters. The summed E-state index contributed by atoms with van der Waals surface area (Å²) in [5.74, 6) is -1.37. The Hall–Kier alpha value is -1.48. The van der Waals surface area contributed by atoms with Gasteiger partial charge in [-0.2, -0.15) is 0 Å². The molecule has 5 heteroatoms. The van der Waals surface area contributed by atoms with Gasteiger partial charge in [-0.3, -0.25) is 0 Å². The Kier molecular flexibility index (Phi) is 9.73. The van der Waals surface area contributed by atoms with Crippen molar-refractivity contribution in [2.24, 2.45) is 0 Å². The molecule has 5 rings (SSSR count). The van der Waals surface area contributed by atoms with E-state index in [1.165, 1.54) is 23.1 Å². The topological polar surface area (TPSA) is 12.0 Å². The van der Waals surface area contributed by atoms with Crippen LogP contribution in [0.2, 0.25) is 0 Å². The van der Waals surface area contributed by atoms with Gasteiger partial charge in [0.1, 0.15) is 0 Å². The van der Waals surface area contributed by atoms with Crippen LogP contribution in [-0.2, 0) is 27.6 Å². The third-order valence-electron chi connectivity index (χ3n) is 6.26. The molecule has 0 heterocycles. The fourth-order valence-electron chi connectivity index (χ4n) is 4.84.